The second kappa shape index (κ2) is 17.0. The van der Waals surface area contributed by atoms with Crippen molar-refractivity contribution in [3.8, 4) is 0 Å². The molecule has 3 nitrogen and oxygen atoms in total. The molecule has 1 aliphatic heterocycles. The second-order valence-electron chi connectivity index (χ2n) is 6.46. The van der Waals surface area contributed by atoms with Crippen molar-refractivity contribution in [1.82, 2.24) is 10.2 Å². The number of carbonyl (C=O) groups is 1. The summed E-state index contributed by atoms with van der Waals surface area (Å²) in [7, 11) is 0. The van der Waals surface area contributed by atoms with Crippen LogP contribution in [0.25, 0.3) is 0 Å². The summed E-state index contributed by atoms with van der Waals surface area (Å²) >= 11 is 8.16. The molecule has 0 spiro atoms. The molecule has 1 N–H and O–H groups in total. The van der Waals surface area contributed by atoms with E-state index < -0.39 is 0 Å². The molecular weight excluding hydrogens is 495 g/mol. The second-order valence-corrected chi connectivity index (χ2v) is 7.84. The third-order valence-electron chi connectivity index (χ3n) is 4.77. The third-order valence-corrected chi connectivity index (χ3v) is 5.56. The fourth-order valence-corrected chi connectivity index (χ4v) is 3.81. The Hall–Kier alpha value is -0.750. The molecule has 1 saturated heterocycles. The first-order valence-electron chi connectivity index (χ1n) is 10.9. The van der Waals surface area contributed by atoms with E-state index in [-0.39, 0.29) is 9.33 Å². The summed E-state index contributed by atoms with van der Waals surface area (Å²) in [6, 6.07) is 6.38. The van der Waals surface area contributed by atoms with Gasteiger partial charge in [0.25, 0.3) is 3.91 Å². The van der Waals surface area contributed by atoms with Gasteiger partial charge in [0, 0.05) is 58.4 Å². The van der Waals surface area contributed by atoms with E-state index in [0.717, 1.165) is 48.6 Å². The number of allylic oxidation sites excluding steroid dienone is 1. The highest BCUT2D eigenvalue weighted by Gasteiger charge is 2.37. The zero-order valence-corrected chi connectivity index (χ0v) is 22.7. The number of piperidine rings is 1. The molecule has 1 aromatic carbocycles. The summed E-state index contributed by atoms with van der Waals surface area (Å²) in [5.41, 5.74) is 3.47. The molecule has 1 amide bonds. The Labute approximate surface area is 198 Å². The molecule has 0 aliphatic carbocycles. The van der Waals surface area contributed by atoms with Gasteiger partial charge in [-0.2, -0.15) is 0 Å². The molecule has 1 aliphatic rings. The fraction of sp³-hybridized carbons (Fsp3) is 0.625. The van der Waals surface area contributed by atoms with Crippen molar-refractivity contribution in [2.24, 2.45) is 0 Å². The van der Waals surface area contributed by atoms with Gasteiger partial charge in [-0.15, -0.1) is 0 Å². The number of nitrogens with zero attached hydrogens (tertiary/aromatic N) is 1. The molecule has 0 radical (unpaired) electrons. The number of hydrogen-bond acceptors (Lipinski definition) is 2. The molecule has 2 rings (SSSR count). The van der Waals surface area contributed by atoms with Crippen LogP contribution in [0.4, 0.5) is 4.79 Å². The third kappa shape index (κ3) is 10.2. The normalized spacial score (nSPS) is 17.4. The topological polar surface area (TPSA) is 32.3 Å². The number of amides is 1. The van der Waals surface area contributed by atoms with Gasteiger partial charge in [0.1, 0.15) is 0 Å². The fourth-order valence-electron chi connectivity index (χ4n) is 3.36. The summed E-state index contributed by atoms with van der Waals surface area (Å²) < 4.78 is -0.00717. The monoisotopic (exact) mass is 536 g/mol. The van der Waals surface area contributed by atoms with Gasteiger partial charge < -0.3 is 10.2 Å². The number of nitrogens with one attached hydrogen (secondary N) is 1. The molecule has 1 heterocycles. The minimum Gasteiger partial charge on any atom is -0.375 e. The molecule has 29 heavy (non-hydrogen) atoms. The first kappa shape index (κ1) is 30.4. The van der Waals surface area contributed by atoms with Gasteiger partial charge in [-0.1, -0.05) is 71.9 Å². The molecule has 0 aromatic heterocycles. The first-order valence-corrected chi connectivity index (χ1v) is 12.4. The SMILES string of the molecule is C=C(C)N1CCC[C@](CCNC(=O)I)(c2ccc(C)c(Cl)c2)C1.CC.CC.CC. The van der Waals surface area contributed by atoms with Crippen LogP contribution in [0, 0.1) is 6.92 Å². The highest BCUT2D eigenvalue weighted by atomic mass is 127. The van der Waals surface area contributed by atoms with Crippen molar-refractivity contribution in [1.29, 1.82) is 0 Å². The molecule has 0 unspecified atom stereocenters. The van der Waals surface area contributed by atoms with Crippen molar-refractivity contribution < 1.29 is 4.79 Å². The Kier molecular flexibility index (Phi) is 17.8. The van der Waals surface area contributed by atoms with Crippen LogP contribution in [0.15, 0.2) is 30.5 Å². The molecule has 1 aromatic rings. The highest BCUT2D eigenvalue weighted by Crippen LogP contribution is 2.39. The van der Waals surface area contributed by atoms with E-state index in [0.29, 0.717) is 6.54 Å². The van der Waals surface area contributed by atoms with Gasteiger partial charge in [-0.3, -0.25) is 4.79 Å². The van der Waals surface area contributed by atoms with Crippen LogP contribution in [-0.2, 0) is 5.41 Å². The Balaban J connectivity index is 0. The Morgan fingerprint density at radius 2 is 1.83 bits per heavy atom. The number of hydrogen-bond donors (Lipinski definition) is 1. The largest absolute Gasteiger partial charge is 0.375 e. The maximum atomic E-state index is 11.2. The maximum Gasteiger partial charge on any atom is 0.280 e. The molecule has 1 atom stereocenters. The zero-order chi connectivity index (χ0) is 23.0. The number of aryl methyl sites for hydroxylation is 1. The average molecular weight is 537 g/mol. The minimum atomic E-state index is -0.00717. The van der Waals surface area contributed by atoms with E-state index in [1.807, 2.05) is 48.5 Å². The molecule has 1 fully saturated rings. The summed E-state index contributed by atoms with van der Waals surface area (Å²) in [5, 5.41) is 3.74. The lowest BCUT2D eigenvalue weighted by Crippen LogP contribution is -2.46. The summed E-state index contributed by atoms with van der Waals surface area (Å²) in [6.45, 7) is 22.8. The van der Waals surface area contributed by atoms with Gasteiger partial charge in [-0.05, 0) is 50.3 Å². The van der Waals surface area contributed by atoms with E-state index >= 15 is 0 Å². The van der Waals surface area contributed by atoms with Crippen molar-refractivity contribution in [3.63, 3.8) is 0 Å². The summed E-state index contributed by atoms with van der Waals surface area (Å²) in [5.74, 6) is 0. The number of rotatable bonds is 5. The van der Waals surface area contributed by atoms with Crippen molar-refractivity contribution in [3.05, 3.63) is 46.6 Å². The Bertz CT molecular complexity index is 607. The quantitative estimate of drug-likeness (QED) is 0.234. The molecule has 5 heteroatoms. The standard InChI is InChI=1S/C18H24ClIN2O.3C2H6/c1-13(2)22-10-4-7-18(12-22,8-9-21-17(20)23)15-6-5-14(3)16(19)11-15;3*1-2/h5-6,11H,1,4,7-10,12H2,2-3H3,(H,21,23);3*1-2H3/t18-;;;/m1.../s1. The van der Waals surface area contributed by atoms with Crippen LogP contribution in [-0.4, -0.2) is 28.4 Å². The molecule has 168 valence electrons. The Morgan fingerprint density at radius 3 is 2.31 bits per heavy atom. The minimum absolute atomic E-state index is 0.00717. The van der Waals surface area contributed by atoms with Crippen molar-refractivity contribution >= 4 is 38.1 Å². The van der Waals surface area contributed by atoms with Gasteiger partial charge in [0.05, 0.1) is 0 Å². The highest BCUT2D eigenvalue weighted by molar-refractivity contribution is 14.1. The zero-order valence-electron chi connectivity index (χ0n) is 19.8. The van der Waals surface area contributed by atoms with E-state index in [9.17, 15) is 4.79 Å². The predicted molar refractivity (Wildman–Crippen MR) is 140 cm³/mol. The summed E-state index contributed by atoms with van der Waals surface area (Å²) in [6.07, 6.45) is 3.13. The van der Waals surface area contributed by atoms with Crippen molar-refractivity contribution in [2.45, 2.75) is 80.1 Å². The van der Waals surface area contributed by atoms with E-state index in [1.165, 1.54) is 5.56 Å². The van der Waals surface area contributed by atoms with Gasteiger partial charge >= 0.3 is 0 Å². The van der Waals surface area contributed by atoms with E-state index in [1.54, 1.807) is 22.6 Å². The van der Waals surface area contributed by atoms with Crippen LogP contribution in [0.1, 0.15) is 78.9 Å². The first-order chi connectivity index (χ1) is 13.8. The van der Waals surface area contributed by atoms with Crippen LogP contribution < -0.4 is 5.32 Å². The number of likely N-dealkylation sites (tertiary alicyclic amines) is 1. The lowest BCUT2D eigenvalue weighted by molar-refractivity contribution is 0.173. The number of carbonyl (C=O) groups excluding carboxylic acids is 1. The average Bonchev–Trinajstić information content (AvgIpc) is 2.74. The van der Waals surface area contributed by atoms with Gasteiger partial charge in [0.2, 0.25) is 0 Å². The molecule has 0 bridgehead atoms. The number of halogens is 2. The lowest BCUT2D eigenvalue weighted by atomic mass is 9.71. The lowest BCUT2D eigenvalue weighted by Gasteiger charge is -2.45. The van der Waals surface area contributed by atoms with Crippen LogP contribution >= 0.6 is 34.2 Å². The van der Waals surface area contributed by atoms with E-state index in [2.05, 4.69) is 41.9 Å². The van der Waals surface area contributed by atoms with E-state index in [4.69, 9.17) is 11.6 Å². The predicted octanol–water partition coefficient (Wildman–Crippen LogP) is 8.13. The van der Waals surface area contributed by atoms with Gasteiger partial charge in [-0.25, -0.2) is 0 Å². The number of benzene rings is 1. The summed E-state index contributed by atoms with van der Waals surface area (Å²) in [4.78, 5) is 13.6. The van der Waals surface area contributed by atoms with Crippen LogP contribution in [0.2, 0.25) is 5.02 Å². The van der Waals surface area contributed by atoms with Crippen molar-refractivity contribution in [2.75, 3.05) is 19.6 Å². The smallest absolute Gasteiger partial charge is 0.280 e. The van der Waals surface area contributed by atoms with Gasteiger partial charge in [0.15, 0.2) is 0 Å². The van der Waals surface area contributed by atoms with Crippen LogP contribution in [0.3, 0.4) is 0 Å². The molecular formula is C24H42ClIN2O. The molecule has 0 saturated carbocycles. The Morgan fingerprint density at radius 1 is 1.24 bits per heavy atom. The van der Waals surface area contributed by atoms with Crippen LogP contribution in [0.5, 0.6) is 0 Å². The maximum absolute atomic E-state index is 11.2.